The fraction of sp³-hybridized carbons (Fsp3) is 0.381. The first-order chi connectivity index (χ1) is 14.0. The Morgan fingerprint density at radius 2 is 1.83 bits per heavy atom. The summed E-state index contributed by atoms with van der Waals surface area (Å²) in [5, 5.41) is 6.92. The molecule has 2 aromatic rings. The van der Waals surface area contributed by atoms with E-state index in [1.165, 1.54) is 11.1 Å². The van der Waals surface area contributed by atoms with Gasteiger partial charge in [0.15, 0.2) is 11.5 Å². The Bertz CT molecular complexity index is 876. The molecule has 8 heteroatoms. The van der Waals surface area contributed by atoms with Crippen molar-refractivity contribution in [1.82, 2.24) is 10.2 Å². The fourth-order valence-electron chi connectivity index (χ4n) is 3.36. The second kappa shape index (κ2) is 10.2. The molecule has 0 saturated carbocycles. The van der Waals surface area contributed by atoms with Crippen LogP contribution in [0.1, 0.15) is 11.1 Å². The van der Waals surface area contributed by atoms with Crippen LogP contribution in [-0.2, 0) is 17.8 Å². The van der Waals surface area contributed by atoms with Crippen molar-refractivity contribution in [3.63, 3.8) is 0 Å². The van der Waals surface area contributed by atoms with Crippen LogP contribution < -0.4 is 20.1 Å². The molecule has 1 heterocycles. The molecule has 0 unspecified atom stereocenters. The molecule has 0 saturated heterocycles. The zero-order valence-corrected chi connectivity index (χ0v) is 18.1. The van der Waals surface area contributed by atoms with Gasteiger partial charge in [-0.25, -0.2) is 0 Å². The number of ether oxygens (including phenoxy) is 2. The predicted octanol–water partition coefficient (Wildman–Crippen LogP) is 3.60. The molecule has 0 aliphatic carbocycles. The van der Waals surface area contributed by atoms with Crippen LogP contribution in [0.5, 0.6) is 11.5 Å². The predicted molar refractivity (Wildman–Crippen MR) is 116 cm³/mol. The molecule has 0 aromatic heterocycles. The lowest BCUT2D eigenvalue weighted by Gasteiger charge is -2.29. The number of nitrogens with one attached hydrogen (secondary N) is 2. The van der Waals surface area contributed by atoms with Gasteiger partial charge in [-0.2, -0.15) is 0 Å². The fourth-order valence-corrected chi connectivity index (χ4v) is 3.81. The topological polar surface area (TPSA) is 62.8 Å². The average molecular weight is 438 g/mol. The zero-order valence-electron chi connectivity index (χ0n) is 16.6. The molecule has 6 nitrogen and oxygen atoms in total. The van der Waals surface area contributed by atoms with E-state index in [4.69, 9.17) is 32.7 Å². The third-order valence-electron chi connectivity index (χ3n) is 4.89. The Balaban J connectivity index is 1.44. The summed E-state index contributed by atoms with van der Waals surface area (Å²) in [5.41, 5.74) is 3.11. The van der Waals surface area contributed by atoms with Crippen LogP contribution in [0, 0.1) is 0 Å². The molecule has 156 valence electrons. The van der Waals surface area contributed by atoms with Gasteiger partial charge < -0.3 is 20.1 Å². The van der Waals surface area contributed by atoms with Crippen molar-refractivity contribution in [3.05, 3.63) is 51.5 Å². The van der Waals surface area contributed by atoms with Crippen molar-refractivity contribution >= 4 is 34.8 Å². The van der Waals surface area contributed by atoms with Crippen LogP contribution >= 0.6 is 23.2 Å². The Kier molecular flexibility index (Phi) is 7.61. The largest absolute Gasteiger partial charge is 0.493 e. The Hall–Kier alpha value is -1.99. The Morgan fingerprint density at radius 3 is 2.52 bits per heavy atom. The molecule has 2 N–H and O–H groups in total. The smallest absolute Gasteiger partial charge is 0.238 e. The SMILES string of the molecule is COc1cc2c(cc1OC)CN(CCNCC(=O)Nc1ccc(Cl)cc1Cl)CC2. The molecule has 0 fully saturated rings. The van der Waals surface area contributed by atoms with Crippen molar-refractivity contribution in [1.29, 1.82) is 0 Å². The third kappa shape index (κ3) is 5.76. The number of hydrogen-bond acceptors (Lipinski definition) is 5. The highest BCUT2D eigenvalue weighted by molar-refractivity contribution is 6.36. The summed E-state index contributed by atoms with van der Waals surface area (Å²) in [4.78, 5) is 14.4. The summed E-state index contributed by atoms with van der Waals surface area (Å²) in [6, 6.07) is 9.10. The van der Waals surface area contributed by atoms with E-state index in [9.17, 15) is 4.79 Å². The molecule has 1 aliphatic heterocycles. The number of benzene rings is 2. The first kappa shape index (κ1) is 21.7. The standard InChI is InChI=1S/C21H25Cl2N3O3/c1-28-19-9-14-5-7-26(13-15(14)10-20(19)29-2)8-6-24-12-21(27)25-18-4-3-16(22)11-17(18)23/h3-4,9-11,24H,5-8,12-13H2,1-2H3,(H,25,27). The quantitative estimate of drug-likeness (QED) is 0.617. The van der Waals surface area contributed by atoms with Crippen LogP contribution in [0.25, 0.3) is 0 Å². The van der Waals surface area contributed by atoms with Crippen LogP contribution in [0.15, 0.2) is 30.3 Å². The van der Waals surface area contributed by atoms with E-state index < -0.39 is 0 Å². The van der Waals surface area contributed by atoms with E-state index >= 15 is 0 Å². The van der Waals surface area contributed by atoms with Crippen molar-refractivity contribution in [2.45, 2.75) is 13.0 Å². The van der Waals surface area contributed by atoms with E-state index in [2.05, 4.69) is 27.7 Å². The summed E-state index contributed by atoms with van der Waals surface area (Å²) in [5.74, 6) is 1.38. The van der Waals surface area contributed by atoms with Gasteiger partial charge in [0.1, 0.15) is 0 Å². The molecular weight excluding hydrogens is 413 g/mol. The van der Waals surface area contributed by atoms with Gasteiger partial charge in [-0.1, -0.05) is 23.2 Å². The average Bonchev–Trinajstić information content (AvgIpc) is 2.72. The summed E-state index contributed by atoms with van der Waals surface area (Å²) < 4.78 is 10.8. The number of hydrogen-bond donors (Lipinski definition) is 2. The Labute approximate surface area is 181 Å². The van der Waals surface area contributed by atoms with Crippen LogP contribution in [0.2, 0.25) is 10.0 Å². The molecule has 0 atom stereocenters. The first-order valence-corrected chi connectivity index (χ1v) is 10.2. The van der Waals surface area contributed by atoms with Gasteiger partial charge in [-0.3, -0.25) is 9.69 Å². The van der Waals surface area contributed by atoms with Gasteiger partial charge in [-0.05, 0) is 47.9 Å². The second-order valence-corrected chi connectivity index (χ2v) is 7.69. The van der Waals surface area contributed by atoms with Gasteiger partial charge in [0.05, 0.1) is 31.5 Å². The van der Waals surface area contributed by atoms with Gasteiger partial charge in [0.25, 0.3) is 0 Å². The van der Waals surface area contributed by atoms with E-state index in [0.717, 1.165) is 37.6 Å². The lowest BCUT2D eigenvalue weighted by molar-refractivity contribution is -0.115. The van der Waals surface area contributed by atoms with Gasteiger partial charge in [-0.15, -0.1) is 0 Å². The molecule has 0 radical (unpaired) electrons. The number of carbonyl (C=O) groups is 1. The number of amides is 1. The second-order valence-electron chi connectivity index (χ2n) is 6.85. The number of rotatable bonds is 8. The minimum Gasteiger partial charge on any atom is -0.493 e. The van der Waals surface area contributed by atoms with E-state index in [1.54, 1.807) is 32.4 Å². The van der Waals surface area contributed by atoms with Gasteiger partial charge >= 0.3 is 0 Å². The molecule has 3 rings (SSSR count). The lowest BCUT2D eigenvalue weighted by Crippen LogP contribution is -2.38. The maximum Gasteiger partial charge on any atom is 0.238 e. The lowest BCUT2D eigenvalue weighted by atomic mass is 9.99. The normalized spacial score (nSPS) is 13.7. The molecule has 0 spiro atoms. The first-order valence-electron chi connectivity index (χ1n) is 9.42. The van der Waals surface area contributed by atoms with Crippen molar-refractivity contribution in [3.8, 4) is 11.5 Å². The highest BCUT2D eigenvalue weighted by Crippen LogP contribution is 2.33. The van der Waals surface area contributed by atoms with Crippen molar-refractivity contribution < 1.29 is 14.3 Å². The summed E-state index contributed by atoms with van der Waals surface area (Å²) in [6.07, 6.45) is 0.964. The molecule has 1 aliphatic rings. The minimum atomic E-state index is -0.143. The van der Waals surface area contributed by atoms with E-state index in [1.807, 2.05) is 0 Å². The summed E-state index contributed by atoms with van der Waals surface area (Å²) in [7, 11) is 3.30. The summed E-state index contributed by atoms with van der Waals surface area (Å²) >= 11 is 11.9. The number of halogens is 2. The van der Waals surface area contributed by atoms with Gasteiger partial charge in [0, 0.05) is 31.2 Å². The number of methoxy groups -OCH3 is 2. The molecule has 29 heavy (non-hydrogen) atoms. The van der Waals surface area contributed by atoms with Crippen molar-refractivity contribution in [2.24, 2.45) is 0 Å². The highest BCUT2D eigenvalue weighted by Gasteiger charge is 2.19. The molecule has 1 amide bonds. The van der Waals surface area contributed by atoms with Gasteiger partial charge in [0.2, 0.25) is 5.91 Å². The number of anilines is 1. The Morgan fingerprint density at radius 1 is 1.10 bits per heavy atom. The molecule has 0 bridgehead atoms. The zero-order chi connectivity index (χ0) is 20.8. The molecular formula is C21H25Cl2N3O3. The summed E-state index contributed by atoms with van der Waals surface area (Å²) in [6.45, 7) is 3.60. The minimum absolute atomic E-state index is 0.143. The number of nitrogens with zero attached hydrogens (tertiary/aromatic N) is 1. The van der Waals surface area contributed by atoms with Crippen LogP contribution in [-0.4, -0.2) is 51.2 Å². The van der Waals surface area contributed by atoms with Crippen LogP contribution in [0.4, 0.5) is 5.69 Å². The highest BCUT2D eigenvalue weighted by atomic mass is 35.5. The maximum atomic E-state index is 12.1. The third-order valence-corrected chi connectivity index (χ3v) is 5.44. The van der Waals surface area contributed by atoms with E-state index in [0.29, 0.717) is 22.3 Å². The van der Waals surface area contributed by atoms with Crippen LogP contribution in [0.3, 0.4) is 0 Å². The number of carbonyl (C=O) groups excluding carboxylic acids is 1. The maximum absolute atomic E-state index is 12.1. The van der Waals surface area contributed by atoms with Crippen molar-refractivity contribution in [2.75, 3.05) is 45.7 Å². The number of fused-ring (bicyclic) bond motifs is 1. The molecule has 2 aromatic carbocycles. The van der Waals surface area contributed by atoms with E-state index in [-0.39, 0.29) is 12.5 Å². The monoisotopic (exact) mass is 437 g/mol.